The van der Waals surface area contributed by atoms with Crippen LogP contribution in [0.25, 0.3) is 0 Å². The summed E-state index contributed by atoms with van der Waals surface area (Å²) in [5, 5.41) is 13.1. The Morgan fingerprint density at radius 2 is 1.95 bits per heavy atom. The Morgan fingerprint density at radius 3 is 2.59 bits per heavy atom. The largest absolute Gasteiger partial charge is 0.494 e. The molecule has 0 spiro atoms. The molecule has 22 heavy (non-hydrogen) atoms. The lowest BCUT2D eigenvalue weighted by Gasteiger charge is -2.29. The molecule has 124 valence electrons. The summed E-state index contributed by atoms with van der Waals surface area (Å²) in [5.41, 5.74) is 1.30. The highest BCUT2D eigenvalue weighted by molar-refractivity contribution is 5.28. The van der Waals surface area contributed by atoms with Crippen LogP contribution in [0.4, 0.5) is 0 Å². The van der Waals surface area contributed by atoms with Crippen molar-refractivity contribution in [3.63, 3.8) is 0 Å². The number of likely N-dealkylation sites (tertiary alicyclic amines) is 1. The zero-order valence-electron chi connectivity index (χ0n) is 13.9. The topological polar surface area (TPSA) is 44.7 Å². The molecule has 1 unspecified atom stereocenters. The Balaban J connectivity index is 1.63. The molecule has 1 fully saturated rings. The van der Waals surface area contributed by atoms with Crippen LogP contribution in [0.5, 0.6) is 5.75 Å². The van der Waals surface area contributed by atoms with E-state index in [2.05, 4.69) is 29.3 Å². The van der Waals surface area contributed by atoms with Gasteiger partial charge in [-0.05, 0) is 63.9 Å². The van der Waals surface area contributed by atoms with Crippen molar-refractivity contribution in [2.75, 3.05) is 32.8 Å². The Morgan fingerprint density at radius 1 is 1.27 bits per heavy atom. The van der Waals surface area contributed by atoms with Crippen LogP contribution in [0.15, 0.2) is 24.3 Å². The highest BCUT2D eigenvalue weighted by Gasteiger charge is 2.16. The van der Waals surface area contributed by atoms with Crippen molar-refractivity contribution in [3.8, 4) is 5.75 Å². The summed E-state index contributed by atoms with van der Waals surface area (Å²) in [4.78, 5) is 2.45. The molecule has 0 radical (unpaired) electrons. The van der Waals surface area contributed by atoms with Crippen LogP contribution in [0, 0.1) is 0 Å². The third-order valence-electron chi connectivity index (χ3n) is 4.35. The van der Waals surface area contributed by atoms with Crippen LogP contribution in [0.3, 0.4) is 0 Å². The minimum absolute atomic E-state index is 0.0749. The molecule has 1 aromatic rings. The van der Waals surface area contributed by atoms with Gasteiger partial charge in [0.2, 0.25) is 0 Å². The number of nitrogens with one attached hydrogen (secondary N) is 1. The van der Waals surface area contributed by atoms with Crippen LogP contribution < -0.4 is 10.1 Å². The maximum atomic E-state index is 9.50. The van der Waals surface area contributed by atoms with Gasteiger partial charge in [-0.3, -0.25) is 0 Å². The molecule has 1 atom stereocenters. The fourth-order valence-corrected chi connectivity index (χ4v) is 2.90. The molecule has 1 aliphatic rings. The highest BCUT2D eigenvalue weighted by Crippen LogP contribution is 2.17. The van der Waals surface area contributed by atoms with Gasteiger partial charge in [0.15, 0.2) is 0 Å². The lowest BCUT2D eigenvalue weighted by molar-refractivity contribution is 0.0820. The molecule has 0 aromatic heterocycles. The fourth-order valence-electron chi connectivity index (χ4n) is 2.90. The normalized spacial score (nSPS) is 18.3. The molecule has 2 N–H and O–H groups in total. The molecule has 4 heteroatoms. The number of ether oxygens (including phenoxy) is 1. The molecule has 1 aromatic carbocycles. The van der Waals surface area contributed by atoms with Gasteiger partial charge in [-0.15, -0.1) is 0 Å². The van der Waals surface area contributed by atoms with E-state index in [-0.39, 0.29) is 6.10 Å². The summed E-state index contributed by atoms with van der Waals surface area (Å²) in [5.74, 6) is 0.936. The van der Waals surface area contributed by atoms with Crippen molar-refractivity contribution in [2.45, 2.75) is 45.3 Å². The second-order valence-electron chi connectivity index (χ2n) is 6.10. The SMILES string of the molecule is CCOc1ccc(C(C)NCCCN2CCC(O)CC2)cc1. The maximum absolute atomic E-state index is 9.50. The monoisotopic (exact) mass is 306 g/mol. The summed E-state index contributed by atoms with van der Waals surface area (Å²) < 4.78 is 5.47. The van der Waals surface area contributed by atoms with Gasteiger partial charge < -0.3 is 20.1 Å². The van der Waals surface area contributed by atoms with E-state index < -0.39 is 0 Å². The smallest absolute Gasteiger partial charge is 0.119 e. The standard InChI is InChI=1S/C18H30N2O2/c1-3-22-18-7-5-16(6-8-18)15(2)19-11-4-12-20-13-9-17(21)10-14-20/h5-8,15,17,19,21H,3-4,9-14H2,1-2H3. The highest BCUT2D eigenvalue weighted by atomic mass is 16.5. The van der Waals surface area contributed by atoms with E-state index in [4.69, 9.17) is 4.74 Å². The number of hydrogen-bond acceptors (Lipinski definition) is 4. The summed E-state index contributed by atoms with van der Waals surface area (Å²) in [7, 11) is 0. The predicted molar refractivity (Wildman–Crippen MR) is 90.3 cm³/mol. The fraction of sp³-hybridized carbons (Fsp3) is 0.667. The third kappa shape index (κ3) is 5.59. The van der Waals surface area contributed by atoms with E-state index in [1.54, 1.807) is 0 Å². The lowest BCUT2D eigenvalue weighted by atomic mass is 10.1. The Labute approximate surface area is 134 Å². The van der Waals surface area contributed by atoms with E-state index in [0.717, 1.165) is 51.2 Å². The second kappa shape index (κ2) is 9.13. The average molecular weight is 306 g/mol. The van der Waals surface area contributed by atoms with Gasteiger partial charge in [-0.1, -0.05) is 12.1 Å². The Hall–Kier alpha value is -1.10. The lowest BCUT2D eigenvalue weighted by Crippen LogP contribution is -2.37. The van der Waals surface area contributed by atoms with E-state index in [1.807, 2.05) is 19.1 Å². The Kier molecular flexibility index (Phi) is 7.16. The first-order chi connectivity index (χ1) is 10.7. The second-order valence-corrected chi connectivity index (χ2v) is 6.10. The predicted octanol–water partition coefficient (Wildman–Crippen LogP) is 2.58. The summed E-state index contributed by atoms with van der Waals surface area (Å²) in [6, 6.07) is 8.70. The quantitative estimate of drug-likeness (QED) is 0.725. The van der Waals surface area contributed by atoms with Crippen molar-refractivity contribution >= 4 is 0 Å². The zero-order valence-corrected chi connectivity index (χ0v) is 13.9. The number of benzene rings is 1. The van der Waals surface area contributed by atoms with Crippen LogP contribution in [0.1, 0.15) is 44.7 Å². The van der Waals surface area contributed by atoms with Crippen LogP contribution in [-0.2, 0) is 0 Å². The molecular weight excluding hydrogens is 276 g/mol. The Bertz CT molecular complexity index is 414. The first-order valence-electron chi connectivity index (χ1n) is 8.55. The van der Waals surface area contributed by atoms with Crippen LogP contribution in [0.2, 0.25) is 0 Å². The zero-order chi connectivity index (χ0) is 15.8. The van der Waals surface area contributed by atoms with E-state index in [1.165, 1.54) is 5.56 Å². The minimum atomic E-state index is -0.0749. The number of nitrogens with zero attached hydrogens (tertiary/aromatic N) is 1. The molecule has 2 rings (SSSR count). The van der Waals surface area contributed by atoms with Crippen LogP contribution in [-0.4, -0.2) is 48.9 Å². The van der Waals surface area contributed by atoms with Crippen molar-refractivity contribution in [2.24, 2.45) is 0 Å². The summed E-state index contributed by atoms with van der Waals surface area (Å²) in [6.45, 7) is 9.13. The van der Waals surface area contributed by atoms with Crippen molar-refractivity contribution < 1.29 is 9.84 Å². The molecule has 0 saturated carbocycles. The van der Waals surface area contributed by atoms with Crippen LogP contribution >= 0.6 is 0 Å². The van der Waals surface area contributed by atoms with Gasteiger partial charge in [0.25, 0.3) is 0 Å². The number of aliphatic hydroxyl groups excluding tert-OH is 1. The van der Waals surface area contributed by atoms with Gasteiger partial charge in [0, 0.05) is 19.1 Å². The number of aliphatic hydroxyl groups is 1. The molecule has 1 aliphatic heterocycles. The van der Waals surface area contributed by atoms with Crippen molar-refractivity contribution in [1.29, 1.82) is 0 Å². The van der Waals surface area contributed by atoms with Crippen molar-refractivity contribution in [1.82, 2.24) is 10.2 Å². The van der Waals surface area contributed by atoms with Gasteiger partial charge >= 0.3 is 0 Å². The average Bonchev–Trinajstić information content (AvgIpc) is 2.54. The molecule has 1 saturated heterocycles. The molecule has 0 amide bonds. The van der Waals surface area contributed by atoms with Crippen molar-refractivity contribution in [3.05, 3.63) is 29.8 Å². The molecule has 0 aliphatic carbocycles. The van der Waals surface area contributed by atoms with E-state index in [9.17, 15) is 5.11 Å². The maximum Gasteiger partial charge on any atom is 0.119 e. The summed E-state index contributed by atoms with van der Waals surface area (Å²) >= 11 is 0. The van der Waals surface area contributed by atoms with Gasteiger partial charge in [0.1, 0.15) is 5.75 Å². The number of piperidine rings is 1. The first-order valence-corrected chi connectivity index (χ1v) is 8.55. The first kappa shape index (κ1) is 17.3. The van der Waals surface area contributed by atoms with E-state index >= 15 is 0 Å². The van der Waals surface area contributed by atoms with E-state index in [0.29, 0.717) is 12.6 Å². The minimum Gasteiger partial charge on any atom is -0.494 e. The third-order valence-corrected chi connectivity index (χ3v) is 4.35. The summed E-state index contributed by atoms with van der Waals surface area (Å²) in [6.07, 6.45) is 2.93. The molecule has 4 nitrogen and oxygen atoms in total. The molecule has 1 heterocycles. The number of rotatable bonds is 8. The number of hydrogen-bond donors (Lipinski definition) is 2. The van der Waals surface area contributed by atoms with Gasteiger partial charge in [-0.25, -0.2) is 0 Å². The van der Waals surface area contributed by atoms with Gasteiger partial charge in [0.05, 0.1) is 12.7 Å². The van der Waals surface area contributed by atoms with Gasteiger partial charge in [-0.2, -0.15) is 0 Å². The molecular formula is C18H30N2O2. The molecule has 0 bridgehead atoms.